The van der Waals surface area contributed by atoms with Crippen LogP contribution in [0, 0.1) is 0 Å². The average molecular weight is 273 g/mol. The van der Waals surface area contributed by atoms with Crippen LogP contribution in [0.25, 0.3) is 0 Å². The molecule has 0 spiro atoms. The topological polar surface area (TPSA) is 21.3 Å². The first-order valence-electron chi connectivity index (χ1n) is 6.88. The molecule has 1 aliphatic heterocycles. The lowest BCUT2D eigenvalue weighted by atomic mass is 9.93. The number of hydrogen-bond acceptors (Lipinski definition) is 3. The lowest BCUT2D eigenvalue weighted by molar-refractivity contribution is 0.265. The Morgan fingerprint density at radius 2 is 2.16 bits per heavy atom. The number of fused-ring (bicyclic) bond motifs is 1. The van der Waals surface area contributed by atoms with Gasteiger partial charge in [0.15, 0.2) is 0 Å². The molecule has 19 heavy (non-hydrogen) atoms. The van der Waals surface area contributed by atoms with Gasteiger partial charge in [0, 0.05) is 17.3 Å². The van der Waals surface area contributed by atoms with Crippen molar-refractivity contribution in [3.05, 3.63) is 52.2 Å². The van der Waals surface area contributed by atoms with E-state index in [2.05, 4.69) is 41.0 Å². The van der Waals surface area contributed by atoms with Crippen LogP contribution < -0.4 is 10.1 Å². The molecule has 0 aliphatic carbocycles. The third-order valence-corrected chi connectivity index (χ3v) is 4.54. The summed E-state index contributed by atoms with van der Waals surface area (Å²) in [5.41, 5.74) is 1.36. The molecule has 1 aromatic carbocycles. The van der Waals surface area contributed by atoms with Crippen LogP contribution in [0.3, 0.4) is 0 Å². The van der Waals surface area contributed by atoms with Gasteiger partial charge in [-0.2, -0.15) is 0 Å². The Morgan fingerprint density at radius 1 is 1.21 bits per heavy atom. The molecule has 0 bridgehead atoms. The van der Waals surface area contributed by atoms with Gasteiger partial charge in [0.2, 0.25) is 0 Å². The van der Waals surface area contributed by atoms with Crippen molar-refractivity contribution >= 4 is 11.3 Å². The second-order valence-electron chi connectivity index (χ2n) is 4.91. The largest absolute Gasteiger partial charge is 0.493 e. The van der Waals surface area contributed by atoms with Gasteiger partial charge in [-0.05, 0) is 42.5 Å². The summed E-state index contributed by atoms with van der Waals surface area (Å²) in [5, 5.41) is 5.73. The van der Waals surface area contributed by atoms with Crippen molar-refractivity contribution in [1.29, 1.82) is 0 Å². The van der Waals surface area contributed by atoms with Gasteiger partial charge in [-0.15, -0.1) is 11.3 Å². The van der Waals surface area contributed by atoms with E-state index in [0.29, 0.717) is 5.92 Å². The molecule has 2 nitrogen and oxygen atoms in total. The van der Waals surface area contributed by atoms with Crippen molar-refractivity contribution in [2.24, 2.45) is 0 Å². The quantitative estimate of drug-likeness (QED) is 0.843. The molecule has 3 heteroatoms. The van der Waals surface area contributed by atoms with Crippen LogP contribution in [-0.2, 0) is 6.42 Å². The second kappa shape index (κ2) is 6.22. The van der Waals surface area contributed by atoms with Gasteiger partial charge in [-0.3, -0.25) is 0 Å². The smallest absolute Gasteiger partial charge is 0.122 e. The van der Waals surface area contributed by atoms with Gasteiger partial charge in [-0.25, -0.2) is 0 Å². The molecule has 1 aromatic heterocycles. The van der Waals surface area contributed by atoms with Gasteiger partial charge in [-0.1, -0.05) is 24.3 Å². The van der Waals surface area contributed by atoms with Crippen molar-refractivity contribution in [2.45, 2.75) is 18.8 Å². The van der Waals surface area contributed by atoms with E-state index < -0.39 is 0 Å². The molecule has 1 unspecified atom stereocenters. The molecule has 0 saturated carbocycles. The maximum atomic E-state index is 5.69. The van der Waals surface area contributed by atoms with Gasteiger partial charge < -0.3 is 10.1 Å². The molecule has 2 heterocycles. The molecule has 100 valence electrons. The second-order valence-corrected chi connectivity index (χ2v) is 5.94. The zero-order valence-electron chi connectivity index (χ0n) is 11.0. The third kappa shape index (κ3) is 3.17. The fourth-order valence-electron chi connectivity index (χ4n) is 2.57. The monoisotopic (exact) mass is 273 g/mol. The molecule has 1 atom stereocenters. The van der Waals surface area contributed by atoms with Gasteiger partial charge in [0.05, 0.1) is 6.61 Å². The third-order valence-electron chi connectivity index (χ3n) is 3.60. The summed E-state index contributed by atoms with van der Waals surface area (Å²) in [7, 11) is 0. The molecule has 0 saturated heterocycles. The summed E-state index contributed by atoms with van der Waals surface area (Å²) in [6.45, 7) is 2.94. The molecule has 0 amide bonds. The lowest BCUT2D eigenvalue weighted by Crippen LogP contribution is -2.27. The highest BCUT2D eigenvalue weighted by Crippen LogP contribution is 2.32. The van der Waals surface area contributed by atoms with Crippen molar-refractivity contribution in [3.8, 4) is 5.75 Å². The Kier molecular flexibility index (Phi) is 4.16. The lowest BCUT2D eigenvalue weighted by Gasteiger charge is -2.26. The average Bonchev–Trinajstić information content (AvgIpc) is 2.97. The zero-order chi connectivity index (χ0) is 12.9. The Labute approximate surface area is 118 Å². The van der Waals surface area contributed by atoms with E-state index in [4.69, 9.17) is 4.74 Å². The van der Waals surface area contributed by atoms with E-state index >= 15 is 0 Å². The minimum Gasteiger partial charge on any atom is -0.493 e. The summed E-state index contributed by atoms with van der Waals surface area (Å²) in [6.07, 6.45) is 2.24. The van der Waals surface area contributed by atoms with Gasteiger partial charge in [0.25, 0.3) is 0 Å². The van der Waals surface area contributed by atoms with E-state index in [9.17, 15) is 0 Å². The number of nitrogens with one attached hydrogen (secondary N) is 1. The number of ether oxygens (including phenoxy) is 1. The molecular weight excluding hydrogens is 254 g/mol. The fraction of sp³-hybridized carbons (Fsp3) is 0.375. The van der Waals surface area contributed by atoms with Crippen LogP contribution in [-0.4, -0.2) is 19.7 Å². The number of thiophene rings is 1. The van der Waals surface area contributed by atoms with E-state index in [1.807, 2.05) is 17.4 Å². The Balaban J connectivity index is 1.51. The van der Waals surface area contributed by atoms with Crippen LogP contribution in [0.1, 0.15) is 22.8 Å². The highest BCUT2D eigenvalue weighted by atomic mass is 32.1. The molecule has 0 fully saturated rings. The van der Waals surface area contributed by atoms with Crippen LogP contribution in [0.5, 0.6) is 5.75 Å². The van der Waals surface area contributed by atoms with Crippen LogP contribution in [0.2, 0.25) is 0 Å². The van der Waals surface area contributed by atoms with Crippen LogP contribution in [0.15, 0.2) is 41.8 Å². The molecule has 0 radical (unpaired) electrons. The Bertz CT molecular complexity index is 509. The van der Waals surface area contributed by atoms with Gasteiger partial charge >= 0.3 is 0 Å². The fourth-order valence-corrected chi connectivity index (χ4v) is 3.28. The summed E-state index contributed by atoms with van der Waals surface area (Å²) in [6, 6.07) is 12.7. The Hall–Kier alpha value is -1.32. The number of hydrogen-bond donors (Lipinski definition) is 1. The van der Waals surface area contributed by atoms with E-state index in [1.54, 1.807) is 0 Å². The minimum absolute atomic E-state index is 0.591. The first kappa shape index (κ1) is 12.7. The summed E-state index contributed by atoms with van der Waals surface area (Å²) in [4.78, 5) is 1.46. The van der Waals surface area contributed by atoms with E-state index in [-0.39, 0.29) is 0 Å². The van der Waals surface area contributed by atoms with Crippen molar-refractivity contribution in [3.63, 3.8) is 0 Å². The zero-order valence-corrected chi connectivity index (χ0v) is 11.8. The first-order valence-corrected chi connectivity index (χ1v) is 7.76. The molecule has 1 aliphatic rings. The predicted molar refractivity (Wildman–Crippen MR) is 80.2 cm³/mol. The SMILES string of the molecule is c1csc(CCNCC2CCOc3ccccc32)c1. The predicted octanol–water partition coefficient (Wildman–Crippen LogP) is 3.45. The highest BCUT2D eigenvalue weighted by Gasteiger charge is 2.20. The van der Waals surface area contributed by atoms with Crippen molar-refractivity contribution in [1.82, 2.24) is 5.32 Å². The molecule has 1 N–H and O–H groups in total. The number of rotatable bonds is 5. The van der Waals surface area contributed by atoms with Crippen molar-refractivity contribution < 1.29 is 4.74 Å². The van der Waals surface area contributed by atoms with E-state index in [1.165, 1.54) is 10.4 Å². The maximum Gasteiger partial charge on any atom is 0.122 e. The molecule has 2 aromatic rings. The van der Waals surface area contributed by atoms with Crippen LogP contribution in [0.4, 0.5) is 0 Å². The van der Waals surface area contributed by atoms with E-state index in [0.717, 1.165) is 38.3 Å². The standard InChI is InChI=1S/C16H19NOS/c1-2-6-16-15(5-1)13(8-10-18-16)12-17-9-7-14-4-3-11-19-14/h1-6,11,13,17H,7-10,12H2. The molecular formula is C16H19NOS. The minimum atomic E-state index is 0.591. The van der Waals surface area contributed by atoms with Crippen molar-refractivity contribution in [2.75, 3.05) is 19.7 Å². The maximum absolute atomic E-state index is 5.69. The van der Waals surface area contributed by atoms with Gasteiger partial charge in [0.1, 0.15) is 5.75 Å². The first-order chi connectivity index (χ1) is 9.43. The van der Waals surface area contributed by atoms with Crippen LogP contribution >= 0.6 is 11.3 Å². The molecule has 3 rings (SSSR count). The Morgan fingerprint density at radius 3 is 3.05 bits per heavy atom. The normalized spacial score (nSPS) is 17.8. The summed E-state index contributed by atoms with van der Waals surface area (Å²) >= 11 is 1.84. The summed E-state index contributed by atoms with van der Waals surface area (Å²) < 4.78 is 5.69. The summed E-state index contributed by atoms with van der Waals surface area (Å²) in [5.74, 6) is 1.66. The highest BCUT2D eigenvalue weighted by molar-refractivity contribution is 7.09. The number of benzene rings is 1. The number of para-hydroxylation sites is 1.